The van der Waals surface area contributed by atoms with E-state index in [1.807, 2.05) is 35.2 Å². The number of benzene rings is 2. The van der Waals surface area contributed by atoms with Gasteiger partial charge in [-0.05, 0) is 24.1 Å². The number of hydrogen-bond donors (Lipinski definition) is 2. The molecule has 0 amide bonds. The molecule has 3 aromatic rings. The number of sulfonamides is 1. The average molecular weight is 433 g/mol. The van der Waals surface area contributed by atoms with E-state index < -0.39 is 21.7 Å². The van der Waals surface area contributed by atoms with Crippen molar-refractivity contribution >= 4 is 10.0 Å². The van der Waals surface area contributed by atoms with Crippen LogP contribution in [0.15, 0.2) is 48.5 Å². The number of nitrogens with one attached hydrogen (secondary N) is 2. The molecule has 2 aromatic carbocycles. The van der Waals surface area contributed by atoms with Crippen molar-refractivity contribution in [2.75, 3.05) is 12.8 Å². The molecule has 0 unspecified atom stereocenters. The van der Waals surface area contributed by atoms with Crippen LogP contribution < -0.4 is 4.72 Å². The van der Waals surface area contributed by atoms with Gasteiger partial charge >= 0.3 is 0 Å². The summed E-state index contributed by atoms with van der Waals surface area (Å²) in [6, 6.07) is 12.6. The molecule has 1 aliphatic rings. The summed E-state index contributed by atoms with van der Waals surface area (Å²) in [4.78, 5) is 6.57. The predicted molar refractivity (Wildman–Crippen MR) is 108 cm³/mol. The van der Waals surface area contributed by atoms with Gasteiger partial charge in [0.25, 0.3) is 0 Å². The highest BCUT2D eigenvalue weighted by molar-refractivity contribution is 7.88. The van der Waals surface area contributed by atoms with Crippen LogP contribution in [0.1, 0.15) is 23.9 Å². The molecule has 158 valence electrons. The van der Waals surface area contributed by atoms with Crippen molar-refractivity contribution in [1.29, 1.82) is 0 Å². The molecule has 0 bridgehead atoms. The van der Waals surface area contributed by atoms with Gasteiger partial charge < -0.3 is 0 Å². The minimum atomic E-state index is -3.39. The molecular formula is C20H21F2N5O2S. The molecule has 0 aliphatic carbocycles. The Morgan fingerprint density at radius 1 is 1.17 bits per heavy atom. The Bertz CT molecular complexity index is 1140. The van der Waals surface area contributed by atoms with Gasteiger partial charge in [0, 0.05) is 24.7 Å². The fraction of sp³-hybridized carbons (Fsp3) is 0.300. The van der Waals surface area contributed by atoms with Gasteiger partial charge in [-0.3, -0.25) is 10.00 Å². The zero-order valence-electron chi connectivity index (χ0n) is 16.2. The first-order valence-electron chi connectivity index (χ1n) is 9.41. The maximum Gasteiger partial charge on any atom is 0.208 e. The molecule has 1 aliphatic heterocycles. The van der Waals surface area contributed by atoms with Crippen LogP contribution in [-0.2, 0) is 16.6 Å². The predicted octanol–water partition coefficient (Wildman–Crippen LogP) is 2.61. The van der Waals surface area contributed by atoms with Crippen LogP contribution in [0.4, 0.5) is 8.78 Å². The average Bonchev–Trinajstić information content (AvgIpc) is 3.31. The third kappa shape index (κ3) is 4.72. The topological polar surface area (TPSA) is 91.0 Å². The van der Waals surface area contributed by atoms with E-state index in [1.165, 1.54) is 6.07 Å². The number of rotatable bonds is 6. The summed E-state index contributed by atoms with van der Waals surface area (Å²) in [6.07, 6.45) is 1.59. The van der Waals surface area contributed by atoms with Gasteiger partial charge in [0.05, 0.1) is 12.3 Å². The number of likely N-dealkylation sites (tertiary alicyclic amines) is 1. The Morgan fingerprint density at radius 3 is 2.63 bits per heavy atom. The third-order valence-electron chi connectivity index (χ3n) is 5.00. The van der Waals surface area contributed by atoms with Crippen LogP contribution in [0, 0.1) is 11.6 Å². The first kappa shape index (κ1) is 20.6. The summed E-state index contributed by atoms with van der Waals surface area (Å²) in [5, 5.41) is 7.24. The molecule has 4 rings (SSSR count). The molecule has 2 heterocycles. The van der Waals surface area contributed by atoms with Crippen LogP contribution >= 0.6 is 0 Å². The lowest BCUT2D eigenvalue weighted by molar-refractivity contribution is 0.238. The van der Waals surface area contributed by atoms with Crippen LogP contribution in [0.3, 0.4) is 0 Å². The van der Waals surface area contributed by atoms with Crippen molar-refractivity contribution in [2.45, 2.75) is 25.0 Å². The smallest absolute Gasteiger partial charge is 0.208 e. The van der Waals surface area contributed by atoms with Crippen molar-refractivity contribution in [1.82, 2.24) is 24.8 Å². The number of hydrogen-bond acceptors (Lipinski definition) is 5. The van der Waals surface area contributed by atoms with E-state index in [2.05, 4.69) is 19.9 Å². The number of H-pyrrole nitrogens is 1. The summed E-state index contributed by atoms with van der Waals surface area (Å²) >= 11 is 0. The Labute approximate surface area is 173 Å². The lowest BCUT2D eigenvalue weighted by atomic mass is 10.1. The molecule has 0 spiro atoms. The Hall–Kier alpha value is -2.69. The van der Waals surface area contributed by atoms with E-state index in [0.29, 0.717) is 36.7 Å². The van der Waals surface area contributed by atoms with Crippen molar-refractivity contribution in [3.05, 3.63) is 71.6 Å². The number of aromatic amines is 1. The van der Waals surface area contributed by atoms with E-state index in [1.54, 1.807) is 0 Å². The first-order valence-corrected chi connectivity index (χ1v) is 11.3. The van der Waals surface area contributed by atoms with Crippen molar-refractivity contribution < 1.29 is 17.2 Å². The van der Waals surface area contributed by atoms with Gasteiger partial charge in [-0.15, -0.1) is 0 Å². The van der Waals surface area contributed by atoms with Gasteiger partial charge in [-0.25, -0.2) is 26.9 Å². The van der Waals surface area contributed by atoms with Gasteiger partial charge in [-0.1, -0.05) is 36.4 Å². The fourth-order valence-corrected chi connectivity index (χ4v) is 4.54. The molecule has 1 fully saturated rings. The van der Waals surface area contributed by atoms with E-state index in [0.717, 1.165) is 24.0 Å². The lowest BCUT2D eigenvalue weighted by Gasteiger charge is -2.22. The molecule has 2 N–H and O–H groups in total. The minimum absolute atomic E-state index is 0.262. The lowest BCUT2D eigenvalue weighted by Crippen LogP contribution is -2.36. The summed E-state index contributed by atoms with van der Waals surface area (Å²) < 4.78 is 53.0. The van der Waals surface area contributed by atoms with Gasteiger partial charge in [0.15, 0.2) is 17.5 Å². The summed E-state index contributed by atoms with van der Waals surface area (Å²) in [5.41, 5.74) is 1.44. The number of aromatic nitrogens is 3. The van der Waals surface area contributed by atoms with E-state index in [9.17, 15) is 17.2 Å². The van der Waals surface area contributed by atoms with Gasteiger partial charge in [0.1, 0.15) is 5.82 Å². The quantitative estimate of drug-likeness (QED) is 0.624. The highest BCUT2D eigenvalue weighted by Gasteiger charge is 2.36. The Morgan fingerprint density at radius 2 is 1.93 bits per heavy atom. The monoisotopic (exact) mass is 433 g/mol. The molecule has 0 radical (unpaired) electrons. The number of nitrogens with zero attached hydrogens (tertiary/aromatic N) is 3. The van der Waals surface area contributed by atoms with Crippen molar-refractivity contribution in [3.63, 3.8) is 0 Å². The minimum Gasteiger partial charge on any atom is -0.287 e. The summed E-state index contributed by atoms with van der Waals surface area (Å²) in [6.45, 7) is 0.712. The highest BCUT2D eigenvalue weighted by atomic mass is 32.2. The van der Waals surface area contributed by atoms with E-state index in [4.69, 9.17) is 0 Å². The van der Waals surface area contributed by atoms with Crippen LogP contribution in [0.5, 0.6) is 0 Å². The van der Waals surface area contributed by atoms with E-state index >= 15 is 0 Å². The second-order valence-corrected chi connectivity index (χ2v) is 9.21. The molecule has 1 aromatic heterocycles. The standard InChI is InChI=1S/C20H21F2N5O2S/c1-30(28,29)26-15-10-18(20-23-19(24-25-20)14-5-3-2-4-6-14)27(12-15)11-13-7-8-16(21)17(22)9-13/h2-9,15,18,26H,10-12H2,1H3,(H,23,24,25)/t15-,18-/m0/s1. The molecule has 30 heavy (non-hydrogen) atoms. The maximum atomic E-state index is 13.6. The number of halogens is 2. The molecular weight excluding hydrogens is 412 g/mol. The maximum absolute atomic E-state index is 13.6. The van der Waals surface area contributed by atoms with Gasteiger partial charge in [-0.2, -0.15) is 5.10 Å². The molecule has 1 saturated heterocycles. The summed E-state index contributed by atoms with van der Waals surface area (Å²) in [7, 11) is -3.39. The highest BCUT2D eigenvalue weighted by Crippen LogP contribution is 2.33. The largest absolute Gasteiger partial charge is 0.287 e. The second kappa shape index (κ2) is 8.21. The molecule has 10 heteroatoms. The second-order valence-electron chi connectivity index (χ2n) is 7.43. The van der Waals surface area contributed by atoms with Crippen molar-refractivity contribution in [2.24, 2.45) is 0 Å². The molecule has 7 nitrogen and oxygen atoms in total. The SMILES string of the molecule is CS(=O)(=O)N[C@H]1C[C@@H](c2nc(-c3ccccc3)n[nH]2)N(Cc2ccc(F)c(F)c2)C1. The third-order valence-corrected chi connectivity index (χ3v) is 5.77. The van der Waals surface area contributed by atoms with Crippen LogP contribution in [0.25, 0.3) is 11.4 Å². The molecule has 0 saturated carbocycles. The zero-order chi connectivity index (χ0) is 21.3. The van der Waals surface area contributed by atoms with Gasteiger partial charge in [0.2, 0.25) is 10.0 Å². The first-order chi connectivity index (χ1) is 14.3. The van der Waals surface area contributed by atoms with Crippen LogP contribution in [0.2, 0.25) is 0 Å². The normalized spacial score (nSPS) is 20.0. The fourth-order valence-electron chi connectivity index (χ4n) is 3.76. The van der Waals surface area contributed by atoms with Crippen LogP contribution in [-0.4, -0.2) is 47.3 Å². The Kier molecular flexibility index (Phi) is 5.63. The summed E-state index contributed by atoms with van der Waals surface area (Å²) in [5.74, 6) is -0.691. The van der Waals surface area contributed by atoms with E-state index in [-0.39, 0.29) is 12.1 Å². The molecule has 2 atom stereocenters. The zero-order valence-corrected chi connectivity index (χ0v) is 17.0. The Balaban J connectivity index is 1.60. The van der Waals surface area contributed by atoms with Crippen molar-refractivity contribution in [3.8, 4) is 11.4 Å².